The van der Waals surface area contributed by atoms with Gasteiger partial charge in [-0.2, -0.15) is 0 Å². The second kappa shape index (κ2) is 6.39. The van der Waals surface area contributed by atoms with Crippen molar-refractivity contribution in [2.75, 3.05) is 7.11 Å². The Balaban J connectivity index is 2.44. The summed E-state index contributed by atoms with van der Waals surface area (Å²) in [5.74, 6) is -2.43. The van der Waals surface area contributed by atoms with E-state index in [1.807, 2.05) is 0 Å². The van der Waals surface area contributed by atoms with E-state index >= 15 is 0 Å². The minimum atomic E-state index is -4.45. The normalized spacial score (nSPS) is 11.1. The van der Waals surface area contributed by atoms with Crippen molar-refractivity contribution in [1.29, 1.82) is 0 Å². The van der Waals surface area contributed by atoms with Crippen molar-refractivity contribution >= 4 is 33.5 Å². The van der Waals surface area contributed by atoms with Crippen molar-refractivity contribution in [3.8, 4) is 0 Å². The van der Waals surface area contributed by atoms with Crippen LogP contribution in [0.3, 0.4) is 0 Å². The molecule has 0 aliphatic rings. The van der Waals surface area contributed by atoms with Crippen molar-refractivity contribution in [2.45, 2.75) is 11.8 Å². The third kappa shape index (κ3) is 3.51. The number of nitrogens with one attached hydrogen (secondary N) is 1. The number of hydrogen-bond acceptors (Lipinski definition) is 7. The van der Waals surface area contributed by atoms with Crippen LogP contribution in [0.15, 0.2) is 33.8 Å². The van der Waals surface area contributed by atoms with Crippen LogP contribution in [-0.2, 0) is 14.8 Å². The number of carbonyl (C=O) groups is 2. The molecule has 1 heterocycles. The maximum Gasteiger partial charge on any atom is 0.339 e. The molecule has 0 fully saturated rings. The molecular formula is C13H11ClN2O6S. The number of halogens is 1. The lowest BCUT2D eigenvalue weighted by atomic mass is 10.2. The molecule has 23 heavy (non-hydrogen) atoms. The highest BCUT2D eigenvalue weighted by Gasteiger charge is 2.29. The van der Waals surface area contributed by atoms with Gasteiger partial charge >= 0.3 is 11.9 Å². The molecule has 1 aromatic carbocycles. The molecule has 0 spiro atoms. The Morgan fingerprint density at radius 2 is 2.04 bits per heavy atom. The Morgan fingerprint density at radius 1 is 1.35 bits per heavy atom. The van der Waals surface area contributed by atoms with Crippen LogP contribution < -0.4 is 4.72 Å². The predicted octanol–water partition coefficient (Wildman–Crippen LogP) is 1.54. The molecule has 0 unspecified atom stereocenters. The number of hydrogen-bond donors (Lipinski definition) is 1. The van der Waals surface area contributed by atoms with Gasteiger partial charge in [-0.15, -0.1) is 0 Å². The number of benzene rings is 1. The van der Waals surface area contributed by atoms with Crippen molar-refractivity contribution in [3.05, 3.63) is 46.6 Å². The first-order valence-corrected chi connectivity index (χ1v) is 7.98. The molecule has 2 rings (SSSR count). The maximum absolute atomic E-state index is 12.4. The molecule has 1 aromatic heterocycles. The zero-order valence-corrected chi connectivity index (χ0v) is 13.6. The van der Waals surface area contributed by atoms with Crippen molar-refractivity contribution in [3.63, 3.8) is 0 Å². The highest BCUT2D eigenvalue weighted by atomic mass is 35.5. The maximum atomic E-state index is 12.4. The van der Waals surface area contributed by atoms with Crippen LogP contribution in [-0.4, -0.2) is 32.4 Å². The number of amides is 1. The molecule has 0 saturated carbocycles. The number of aromatic nitrogens is 1. The fourth-order valence-electron chi connectivity index (χ4n) is 1.73. The van der Waals surface area contributed by atoms with Gasteiger partial charge in [-0.1, -0.05) is 17.7 Å². The molecule has 0 saturated heterocycles. The van der Waals surface area contributed by atoms with Gasteiger partial charge in [0.05, 0.1) is 23.4 Å². The number of ether oxygens (including phenoxy) is 1. The third-order valence-electron chi connectivity index (χ3n) is 2.68. The Bertz CT molecular complexity index is 874. The van der Waals surface area contributed by atoms with Crippen molar-refractivity contribution in [2.24, 2.45) is 0 Å². The zero-order chi connectivity index (χ0) is 17.2. The number of oxazole rings is 1. The molecule has 0 aliphatic heterocycles. The van der Waals surface area contributed by atoms with Gasteiger partial charge in [0.1, 0.15) is 11.2 Å². The zero-order valence-electron chi connectivity index (χ0n) is 12.0. The number of methoxy groups -OCH3 is 1. The minimum Gasteiger partial charge on any atom is -0.465 e. The summed E-state index contributed by atoms with van der Waals surface area (Å²) in [6.07, 6.45) is 1.19. The van der Waals surface area contributed by atoms with Crippen molar-refractivity contribution in [1.82, 2.24) is 9.71 Å². The lowest BCUT2D eigenvalue weighted by Crippen LogP contribution is -2.32. The van der Waals surface area contributed by atoms with Crippen molar-refractivity contribution < 1.29 is 27.2 Å². The van der Waals surface area contributed by atoms with Crippen LogP contribution in [0.25, 0.3) is 0 Å². The highest BCUT2D eigenvalue weighted by Crippen LogP contribution is 2.26. The van der Waals surface area contributed by atoms with Gasteiger partial charge in [-0.3, -0.25) is 4.79 Å². The van der Waals surface area contributed by atoms with Gasteiger partial charge < -0.3 is 9.15 Å². The summed E-state index contributed by atoms with van der Waals surface area (Å²) in [7, 11) is -3.36. The molecule has 1 amide bonds. The fourth-order valence-corrected chi connectivity index (χ4v) is 3.41. The second-order valence-corrected chi connectivity index (χ2v) is 6.36. The molecule has 1 N–H and O–H groups in total. The average molecular weight is 359 g/mol. The molecule has 10 heteroatoms. The Hall–Kier alpha value is -2.39. The Morgan fingerprint density at radius 3 is 2.61 bits per heavy atom. The number of rotatable bonds is 4. The van der Waals surface area contributed by atoms with Gasteiger partial charge in [-0.25, -0.2) is 22.9 Å². The molecule has 0 radical (unpaired) electrons. The van der Waals surface area contributed by atoms with Gasteiger partial charge in [0.2, 0.25) is 0 Å². The van der Waals surface area contributed by atoms with Gasteiger partial charge in [0.25, 0.3) is 15.9 Å². The SMILES string of the molecule is COC(=O)c1cccc(Cl)c1S(=O)(=O)NC(=O)c1nc(C)co1. The minimum absolute atomic E-state index is 0.239. The molecule has 0 bridgehead atoms. The fraction of sp³-hybridized carbons (Fsp3) is 0.154. The van der Waals surface area contributed by atoms with E-state index in [0.29, 0.717) is 5.69 Å². The predicted molar refractivity (Wildman–Crippen MR) is 78.7 cm³/mol. The Kier molecular flexibility index (Phi) is 4.71. The van der Waals surface area contributed by atoms with E-state index in [2.05, 4.69) is 9.72 Å². The summed E-state index contributed by atoms with van der Waals surface area (Å²) in [6.45, 7) is 1.57. The smallest absolute Gasteiger partial charge is 0.339 e. The average Bonchev–Trinajstić information content (AvgIpc) is 2.92. The standard InChI is InChI=1S/C13H11ClN2O6S/c1-7-6-22-12(15-7)11(17)16-23(19,20)10-8(13(18)21-2)4-3-5-9(10)14/h3-6H,1-2H3,(H,16,17). The van der Waals surface area contributed by atoms with E-state index in [4.69, 9.17) is 16.0 Å². The number of sulfonamides is 1. The summed E-state index contributed by atoms with van der Waals surface area (Å²) in [5.41, 5.74) is 0.101. The van der Waals surface area contributed by atoms with Crippen LogP contribution in [0.5, 0.6) is 0 Å². The van der Waals surface area contributed by atoms with E-state index in [9.17, 15) is 18.0 Å². The topological polar surface area (TPSA) is 116 Å². The first-order chi connectivity index (χ1) is 10.8. The summed E-state index contributed by atoms with van der Waals surface area (Å²) >= 11 is 5.87. The highest BCUT2D eigenvalue weighted by molar-refractivity contribution is 7.90. The molecule has 2 aromatic rings. The lowest BCUT2D eigenvalue weighted by Gasteiger charge is -2.11. The molecule has 0 atom stereocenters. The monoisotopic (exact) mass is 358 g/mol. The van der Waals surface area contributed by atoms with Crippen LogP contribution in [0.2, 0.25) is 5.02 Å². The van der Waals surface area contributed by atoms with Crippen LogP contribution in [0.1, 0.15) is 26.7 Å². The molecule has 0 aliphatic carbocycles. The van der Waals surface area contributed by atoms with Gasteiger partial charge in [0, 0.05) is 0 Å². The number of carbonyl (C=O) groups excluding carboxylic acids is 2. The largest absolute Gasteiger partial charge is 0.465 e. The molecule has 8 nitrogen and oxygen atoms in total. The summed E-state index contributed by atoms with van der Waals surface area (Å²) < 4.78 is 35.9. The van der Waals surface area contributed by atoms with E-state index in [1.165, 1.54) is 24.5 Å². The van der Waals surface area contributed by atoms with Crippen LogP contribution in [0, 0.1) is 6.92 Å². The molecule has 122 valence electrons. The summed E-state index contributed by atoms with van der Waals surface area (Å²) in [6, 6.07) is 3.86. The van der Waals surface area contributed by atoms with E-state index in [0.717, 1.165) is 7.11 Å². The second-order valence-electron chi connectivity index (χ2n) is 4.34. The first-order valence-electron chi connectivity index (χ1n) is 6.12. The van der Waals surface area contributed by atoms with Crippen LogP contribution >= 0.6 is 11.6 Å². The van der Waals surface area contributed by atoms with Gasteiger partial charge in [0.15, 0.2) is 0 Å². The van der Waals surface area contributed by atoms with Gasteiger partial charge in [-0.05, 0) is 19.1 Å². The molecular weight excluding hydrogens is 348 g/mol. The van der Waals surface area contributed by atoms with E-state index in [1.54, 1.807) is 11.6 Å². The van der Waals surface area contributed by atoms with E-state index < -0.39 is 32.7 Å². The quantitative estimate of drug-likeness (QED) is 0.824. The first kappa shape index (κ1) is 17.0. The lowest BCUT2D eigenvalue weighted by molar-refractivity contribution is 0.0596. The third-order valence-corrected chi connectivity index (χ3v) is 4.54. The number of nitrogens with zero attached hydrogens (tertiary/aromatic N) is 1. The van der Waals surface area contributed by atoms with E-state index in [-0.39, 0.29) is 10.6 Å². The summed E-state index contributed by atoms with van der Waals surface area (Å²) in [4.78, 5) is 26.8. The van der Waals surface area contributed by atoms with Crippen LogP contribution in [0.4, 0.5) is 0 Å². The number of esters is 1. The Labute approximate surface area is 136 Å². The summed E-state index contributed by atoms with van der Waals surface area (Å²) in [5, 5.41) is -0.239. The number of aryl methyl sites for hydroxylation is 1.